The van der Waals surface area contributed by atoms with Gasteiger partial charge >= 0.3 is 0 Å². The molecule has 0 saturated carbocycles. The van der Waals surface area contributed by atoms with Crippen LogP contribution in [0, 0.1) is 0 Å². The van der Waals surface area contributed by atoms with Gasteiger partial charge in [0, 0.05) is 11.6 Å². The second-order valence-corrected chi connectivity index (χ2v) is 6.02. The van der Waals surface area contributed by atoms with Crippen LogP contribution in [0.3, 0.4) is 0 Å². The summed E-state index contributed by atoms with van der Waals surface area (Å²) < 4.78 is 16.9. The van der Waals surface area contributed by atoms with Crippen LogP contribution in [0.4, 0.5) is 0 Å². The summed E-state index contributed by atoms with van der Waals surface area (Å²) in [6.45, 7) is 7.70. The van der Waals surface area contributed by atoms with Gasteiger partial charge in [-0.25, -0.2) is 5.43 Å². The lowest BCUT2D eigenvalue weighted by molar-refractivity contribution is 0.0951. The second-order valence-electron chi connectivity index (χ2n) is 6.02. The van der Waals surface area contributed by atoms with Crippen molar-refractivity contribution in [3.63, 3.8) is 0 Å². The van der Waals surface area contributed by atoms with Crippen LogP contribution in [0.25, 0.3) is 0 Å². The van der Waals surface area contributed by atoms with Gasteiger partial charge in [0.15, 0.2) is 0 Å². The Morgan fingerprint density at radius 1 is 0.964 bits per heavy atom. The molecule has 28 heavy (non-hydrogen) atoms. The van der Waals surface area contributed by atoms with Crippen LogP contribution >= 0.6 is 0 Å². The summed E-state index contributed by atoms with van der Waals surface area (Å²) in [6, 6.07) is 12.6. The minimum absolute atomic E-state index is 0.334. The molecule has 0 heterocycles. The quantitative estimate of drug-likeness (QED) is 0.460. The van der Waals surface area contributed by atoms with Gasteiger partial charge in [-0.3, -0.25) is 4.79 Å². The lowest BCUT2D eigenvalue weighted by Crippen LogP contribution is -2.18. The Kier molecular flexibility index (Phi) is 8.85. The van der Waals surface area contributed by atoms with Crippen LogP contribution in [-0.2, 0) is 0 Å². The van der Waals surface area contributed by atoms with E-state index in [4.69, 9.17) is 14.2 Å². The fourth-order valence-corrected chi connectivity index (χ4v) is 2.42. The first-order valence-corrected chi connectivity index (χ1v) is 9.64. The zero-order chi connectivity index (χ0) is 20.2. The maximum Gasteiger partial charge on any atom is 0.275 e. The first-order chi connectivity index (χ1) is 13.7. The number of carbonyl (C=O) groups is 1. The van der Waals surface area contributed by atoms with Crippen molar-refractivity contribution in [2.24, 2.45) is 5.10 Å². The van der Waals surface area contributed by atoms with Crippen molar-refractivity contribution in [1.29, 1.82) is 0 Å². The van der Waals surface area contributed by atoms with Crippen molar-refractivity contribution in [2.75, 3.05) is 19.8 Å². The molecule has 0 unspecified atom stereocenters. The molecule has 0 saturated heterocycles. The van der Waals surface area contributed by atoms with E-state index in [2.05, 4.69) is 17.5 Å². The summed E-state index contributed by atoms with van der Waals surface area (Å²) in [5, 5.41) is 4.08. The molecule has 6 nitrogen and oxygen atoms in total. The van der Waals surface area contributed by atoms with Gasteiger partial charge < -0.3 is 14.2 Å². The standard InChI is InChI=1S/C22H28N2O4/c1-4-13-27-18-12-11-17(21(15-18)28-14-5-2)16-23-24-22(25)19-9-7-8-10-20(19)26-6-3/h7-12,15-16H,4-6,13-14H2,1-3H3,(H,24,25)/b23-16-. The third-order valence-corrected chi connectivity index (χ3v) is 3.72. The Balaban J connectivity index is 2.11. The van der Waals surface area contributed by atoms with Gasteiger partial charge in [-0.1, -0.05) is 26.0 Å². The first kappa shape index (κ1) is 21.3. The number of amides is 1. The van der Waals surface area contributed by atoms with Crippen molar-refractivity contribution >= 4 is 12.1 Å². The molecule has 6 heteroatoms. The van der Waals surface area contributed by atoms with E-state index >= 15 is 0 Å². The lowest BCUT2D eigenvalue weighted by atomic mass is 10.2. The molecule has 0 spiro atoms. The van der Waals surface area contributed by atoms with Crippen molar-refractivity contribution < 1.29 is 19.0 Å². The molecule has 0 bridgehead atoms. The van der Waals surface area contributed by atoms with Gasteiger partial charge in [-0.05, 0) is 44.0 Å². The number of hydrazone groups is 1. The number of carbonyl (C=O) groups excluding carboxylic acids is 1. The molecule has 2 aromatic carbocycles. The van der Waals surface area contributed by atoms with E-state index in [-0.39, 0.29) is 5.91 Å². The predicted molar refractivity (Wildman–Crippen MR) is 111 cm³/mol. The largest absolute Gasteiger partial charge is 0.493 e. The second kappa shape index (κ2) is 11.6. The Hall–Kier alpha value is -3.02. The maximum atomic E-state index is 12.4. The number of hydrogen-bond acceptors (Lipinski definition) is 5. The molecule has 0 fully saturated rings. The average Bonchev–Trinajstić information content (AvgIpc) is 2.72. The van der Waals surface area contributed by atoms with Crippen molar-refractivity contribution in [3.05, 3.63) is 53.6 Å². The number of benzene rings is 2. The summed E-state index contributed by atoms with van der Waals surface area (Å²) in [5.74, 6) is 1.62. The average molecular weight is 384 g/mol. The summed E-state index contributed by atoms with van der Waals surface area (Å²) in [5.41, 5.74) is 3.74. The van der Waals surface area contributed by atoms with E-state index in [0.29, 0.717) is 36.9 Å². The van der Waals surface area contributed by atoms with Crippen molar-refractivity contribution in [2.45, 2.75) is 33.6 Å². The smallest absolute Gasteiger partial charge is 0.275 e. The molecule has 0 aliphatic carbocycles. The first-order valence-electron chi connectivity index (χ1n) is 9.64. The molecular formula is C22H28N2O4. The van der Waals surface area contributed by atoms with Crippen LogP contribution in [0.2, 0.25) is 0 Å². The van der Waals surface area contributed by atoms with Crippen LogP contribution < -0.4 is 19.6 Å². The van der Waals surface area contributed by atoms with Gasteiger partial charge in [-0.15, -0.1) is 0 Å². The third-order valence-electron chi connectivity index (χ3n) is 3.72. The Labute approximate surface area is 166 Å². The van der Waals surface area contributed by atoms with E-state index in [9.17, 15) is 4.79 Å². The summed E-state index contributed by atoms with van der Waals surface area (Å²) in [4.78, 5) is 12.4. The number of nitrogens with one attached hydrogen (secondary N) is 1. The minimum atomic E-state index is -0.334. The van der Waals surface area contributed by atoms with Gasteiger partial charge in [0.1, 0.15) is 17.2 Å². The van der Waals surface area contributed by atoms with Gasteiger partial charge in [0.25, 0.3) is 5.91 Å². The molecule has 2 aromatic rings. The normalized spacial score (nSPS) is 10.7. The van der Waals surface area contributed by atoms with E-state index in [1.165, 1.54) is 0 Å². The highest BCUT2D eigenvalue weighted by Crippen LogP contribution is 2.24. The zero-order valence-corrected chi connectivity index (χ0v) is 16.7. The van der Waals surface area contributed by atoms with E-state index < -0.39 is 0 Å². The van der Waals surface area contributed by atoms with Crippen LogP contribution in [0.1, 0.15) is 49.5 Å². The molecule has 1 amide bonds. The number of hydrogen-bond donors (Lipinski definition) is 1. The molecule has 0 radical (unpaired) electrons. The number of nitrogens with zero attached hydrogens (tertiary/aromatic N) is 1. The third kappa shape index (κ3) is 6.30. The Bertz CT molecular complexity index is 790. The monoisotopic (exact) mass is 384 g/mol. The zero-order valence-electron chi connectivity index (χ0n) is 16.7. The summed E-state index contributed by atoms with van der Waals surface area (Å²) in [6.07, 6.45) is 3.39. The Morgan fingerprint density at radius 2 is 1.71 bits per heavy atom. The SMILES string of the molecule is CCCOc1ccc(/C=N\NC(=O)c2ccccc2OCC)c(OCCC)c1. The highest BCUT2D eigenvalue weighted by atomic mass is 16.5. The number of para-hydroxylation sites is 1. The minimum Gasteiger partial charge on any atom is -0.493 e. The fourth-order valence-electron chi connectivity index (χ4n) is 2.42. The highest BCUT2D eigenvalue weighted by Gasteiger charge is 2.11. The van der Waals surface area contributed by atoms with Crippen molar-refractivity contribution in [3.8, 4) is 17.2 Å². The summed E-state index contributed by atoms with van der Waals surface area (Å²) >= 11 is 0. The molecule has 2 rings (SSSR count). The fraction of sp³-hybridized carbons (Fsp3) is 0.364. The molecule has 0 atom stereocenters. The number of ether oxygens (including phenoxy) is 3. The van der Waals surface area contributed by atoms with Gasteiger partial charge in [0.05, 0.1) is 31.6 Å². The maximum absolute atomic E-state index is 12.4. The molecule has 0 aliphatic rings. The predicted octanol–water partition coefficient (Wildman–Crippen LogP) is 4.43. The molecular weight excluding hydrogens is 356 g/mol. The van der Waals surface area contributed by atoms with E-state index in [1.807, 2.05) is 38.1 Å². The van der Waals surface area contributed by atoms with E-state index in [1.54, 1.807) is 24.4 Å². The van der Waals surface area contributed by atoms with Gasteiger partial charge in [0.2, 0.25) is 0 Å². The van der Waals surface area contributed by atoms with Crippen LogP contribution in [0.15, 0.2) is 47.6 Å². The number of rotatable bonds is 11. The lowest BCUT2D eigenvalue weighted by Gasteiger charge is -2.11. The van der Waals surface area contributed by atoms with Crippen molar-refractivity contribution in [1.82, 2.24) is 5.43 Å². The molecule has 1 N–H and O–H groups in total. The molecule has 150 valence electrons. The summed E-state index contributed by atoms with van der Waals surface area (Å²) in [7, 11) is 0. The van der Waals surface area contributed by atoms with Crippen LogP contribution in [-0.4, -0.2) is 31.9 Å². The highest BCUT2D eigenvalue weighted by molar-refractivity contribution is 5.97. The van der Waals surface area contributed by atoms with Crippen LogP contribution in [0.5, 0.6) is 17.2 Å². The molecule has 0 aromatic heterocycles. The van der Waals surface area contributed by atoms with Gasteiger partial charge in [-0.2, -0.15) is 5.10 Å². The Morgan fingerprint density at radius 3 is 2.46 bits per heavy atom. The molecule has 0 aliphatic heterocycles. The van der Waals surface area contributed by atoms with E-state index in [0.717, 1.165) is 24.2 Å². The topological polar surface area (TPSA) is 69.2 Å².